The van der Waals surface area contributed by atoms with Crippen molar-refractivity contribution in [2.24, 2.45) is 0 Å². The lowest BCUT2D eigenvalue weighted by Crippen LogP contribution is -2.46. The molecular weight excluding hydrogens is 840 g/mol. The van der Waals surface area contributed by atoms with Gasteiger partial charge in [-0.2, -0.15) is 0 Å². The van der Waals surface area contributed by atoms with Crippen LogP contribution in [0.25, 0.3) is 0 Å². The number of amides is 1. The molecule has 3 unspecified atom stereocenters. The summed E-state index contributed by atoms with van der Waals surface area (Å²) in [6.45, 7) is 4.92. The zero-order valence-corrected chi connectivity index (χ0v) is 45.9. The van der Waals surface area contributed by atoms with Crippen molar-refractivity contribution in [3.05, 3.63) is 12.2 Å². The summed E-state index contributed by atoms with van der Waals surface area (Å²) in [5.41, 5.74) is 0. The van der Waals surface area contributed by atoms with Crippen LogP contribution >= 0.6 is 7.82 Å². The standard InChI is InChI=1S/C57H115N2O6P/c1-6-8-10-12-14-16-18-20-21-22-23-24-25-26-27-28-29-30-31-32-33-34-35-36-37-39-41-43-45-47-49-51-57(61)58-55(54-65-66(62,63)64-53-52-59(3,4)5)56(60)50-48-46-44-42-40-38-19-17-15-13-11-9-7-2/h22-23,55-56,60H,6-21,24-54H2,1-5H3,(H-,58,61,62,63)/p+1/b23-22-. The molecule has 0 aromatic carbocycles. The molecule has 0 aromatic heterocycles. The highest BCUT2D eigenvalue weighted by molar-refractivity contribution is 7.47. The number of aliphatic hydroxyl groups is 1. The Balaban J connectivity index is 3.97. The van der Waals surface area contributed by atoms with Gasteiger partial charge >= 0.3 is 7.82 Å². The highest BCUT2D eigenvalue weighted by Crippen LogP contribution is 2.43. The predicted molar refractivity (Wildman–Crippen MR) is 286 cm³/mol. The smallest absolute Gasteiger partial charge is 0.391 e. The highest BCUT2D eigenvalue weighted by Gasteiger charge is 2.28. The Kier molecular flexibility index (Phi) is 48.7. The summed E-state index contributed by atoms with van der Waals surface area (Å²) in [6, 6.07) is -0.755. The van der Waals surface area contributed by atoms with E-state index in [1.807, 2.05) is 21.1 Å². The van der Waals surface area contributed by atoms with E-state index in [-0.39, 0.29) is 19.1 Å². The third-order valence-electron chi connectivity index (χ3n) is 13.5. The second-order valence-corrected chi connectivity index (χ2v) is 22.8. The molecule has 3 N–H and O–H groups in total. The molecule has 0 heterocycles. The number of rotatable bonds is 54. The van der Waals surface area contributed by atoms with Crippen LogP contribution in [0.3, 0.4) is 0 Å². The first-order valence-corrected chi connectivity index (χ1v) is 30.5. The van der Waals surface area contributed by atoms with Crippen LogP contribution < -0.4 is 5.32 Å². The quantitative estimate of drug-likeness (QED) is 0.0243. The minimum atomic E-state index is -4.31. The van der Waals surface area contributed by atoms with Gasteiger partial charge in [0.05, 0.1) is 39.9 Å². The number of phosphoric ester groups is 1. The lowest BCUT2D eigenvalue weighted by molar-refractivity contribution is -0.870. The van der Waals surface area contributed by atoms with Crippen molar-refractivity contribution < 1.29 is 32.9 Å². The van der Waals surface area contributed by atoms with Gasteiger partial charge in [0.2, 0.25) is 5.91 Å². The lowest BCUT2D eigenvalue weighted by atomic mass is 10.0. The summed E-state index contributed by atoms with van der Waals surface area (Å²) in [4.78, 5) is 23.3. The topological polar surface area (TPSA) is 105 Å². The maximum Gasteiger partial charge on any atom is 0.472 e. The van der Waals surface area contributed by atoms with Crippen LogP contribution in [0.4, 0.5) is 0 Å². The molecule has 8 nitrogen and oxygen atoms in total. The maximum atomic E-state index is 13.0. The van der Waals surface area contributed by atoms with Crippen molar-refractivity contribution in [3.63, 3.8) is 0 Å². The van der Waals surface area contributed by atoms with E-state index in [0.717, 1.165) is 38.5 Å². The first-order chi connectivity index (χ1) is 32.0. The van der Waals surface area contributed by atoms with E-state index in [1.54, 1.807) is 0 Å². The van der Waals surface area contributed by atoms with Crippen molar-refractivity contribution in [1.29, 1.82) is 0 Å². The van der Waals surface area contributed by atoms with E-state index in [4.69, 9.17) is 9.05 Å². The number of aliphatic hydroxyl groups excluding tert-OH is 1. The number of nitrogens with zero attached hydrogens (tertiary/aromatic N) is 1. The number of nitrogens with one attached hydrogen (secondary N) is 1. The molecule has 9 heteroatoms. The molecule has 66 heavy (non-hydrogen) atoms. The third-order valence-corrected chi connectivity index (χ3v) is 14.5. The number of allylic oxidation sites excluding steroid dienone is 2. The summed E-state index contributed by atoms with van der Waals surface area (Å²) in [5, 5.41) is 14.0. The third kappa shape index (κ3) is 51.1. The van der Waals surface area contributed by atoms with Gasteiger partial charge in [-0.05, 0) is 38.5 Å². The molecule has 394 valence electrons. The molecule has 0 aliphatic rings. The second-order valence-electron chi connectivity index (χ2n) is 21.4. The summed E-state index contributed by atoms with van der Waals surface area (Å²) < 4.78 is 23.7. The van der Waals surface area contributed by atoms with Crippen LogP contribution in [0.15, 0.2) is 12.2 Å². The van der Waals surface area contributed by atoms with E-state index in [2.05, 4.69) is 31.3 Å². The van der Waals surface area contributed by atoms with Crippen molar-refractivity contribution in [3.8, 4) is 0 Å². The second kappa shape index (κ2) is 49.2. The number of quaternary nitrogens is 1. The maximum absolute atomic E-state index is 13.0. The SMILES string of the molecule is CCCCCCCCCC/C=C\CCCCCCCCCCCCCCCCCCCCCC(=O)NC(COP(=O)(O)OCC[N+](C)(C)C)C(O)CCCCCCCCCCCCCCC. The number of phosphoric acid groups is 1. The molecular formula is C57H116N2O6P+. The van der Waals surface area contributed by atoms with Gasteiger partial charge < -0.3 is 19.8 Å². The molecule has 0 aliphatic carbocycles. The van der Waals surface area contributed by atoms with E-state index in [0.29, 0.717) is 23.9 Å². The number of hydrogen-bond acceptors (Lipinski definition) is 5. The average Bonchev–Trinajstić information content (AvgIpc) is 3.28. The summed E-state index contributed by atoms with van der Waals surface area (Å²) in [7, 11) is 1.63. The number of carbonyl (C=O) groups is 1. The minimum absolute atomic E-state index is 0.0778. The van der Waals surface area contributed by atoms with E-state index < -0.39 is 20.0 Å². The Hall–Kier alpha value is -0.760. The Morgan fingerprint density at radius 2 is 0.818 bits per heavy atom. The Labute approximate surface area is 412 Å². The Bertz CT molecular complexity index is 1080. The summed E-state index contributed by atoms with van der Waals surface area (Å²) in [5.74, 6) is -0.139. The van der Waals surface area contributed by atoms with E-state index in [9.17, 15) is 19.4 Å². The zero-order valence-electron chi connectivity index (χ0n) is 45.0. The molecule has 0 rings (SSSR count). The normalized spacial score (nSPS) is 14.0. The van der Waals surface area contributed by atoms with Gasteiger partial charge in [-0.1, -0.05) is 264 Å². The molecule has 1 amide bonds. The van der Waals surface area contributed by atoms with E-state index in [1.165, 1.54) is 231 Å². The average molecular weight is 957 g/mol. The van der Waals surface area contributed by atoms with Crippen LogP contribution in [0.2, 0.25) is 0 Å². The van der Waals surface area contributed by atoms with Gasteiger partial charge in [0.15, 0.2) is 0 Å². The molecule has 0 spiro atoms. The van der Waals surface area contributed by atoms with E-state index >= 15 is 0 Å². The van der Waals surface area contributed by atoms with Crippen molar-refractivity contribution in [1.82, 2.24) is 5.32 Å². The molecule has 0 fully saturated rings. The molecule has 0 bridgehead atoms. The highest BCUT2D eigenvalue weighted by atomic mass is 31.2. The van der Waals surface area contributed by atoms with Crippen LogP contribution in [0, 0.1) is 0 Å². The van der Waals surface area contributed by atoms with Crippen LogP contribution in [0.5, 0.6) is 0 Å². The molecule has 0 radical (unpaired) electrons. The molecule has 0 aliphatic heterocycles. The van der Waals surface area contributed by atoms with Crippen LogP contribution in [0.1, 0.15) is 296 Å². The number of likely N-dealkylation sites (N-methyl/N-ethyl adjacent to an activating group) is 1. The Morgan fingerprint density at radius 1 is 0.500 bits per heavy atom. The predicted octanol–water partition coefficient (Wildman–Crippen LogP) is 17.4. The van der Waals surface area contributed by atoms with Gasteiger partial charge in [-0.25, -0.2) is 4.57 Å². The largest absolute Gasteiger partial charge is 0.472 e. The lowest BCUT2D eigenvalue weighted by Gasteiger charge is -2.26. The van der Waals surface area contributed by atoms with Crippen LogP contribution in [-0.4, -0.2) is 73.4 Å². The number of carbonyl (C=O) groups excluding carboxylic acids is 1. The first kappa shape index (κ1) is 65.2. The van der Waals surface area contributed by atoms with Gasteiger partial charge in [0.1, 0.15) is 13.2 Å². The molecule has 3 atom stereocenters. The zero-order chi connectivity index (χ0) is 48.5. The fraction of sp³-hybridized carbons (Fsp3) is 0.947. The monoisotopic (exact) mass is 956 g/mol. The summed E-state index contributed by atoms with van der Waals surface area (Å²) in [6.07, 6.45) is 59.9. The first-order valence-electron chi connectivity index (χ1n) is 29.1. The van der Waals surface area contributed by atoms with Crippen molar-refractivity contribution >= 4 is 13.7 Å². The van der Waals surface area contributed by atoms with Crippen LogP contribution in [-0.2, 0) is 18.4 Å². The van der Waals surface area contributed by atoms with Gasteiger partial charge in [-0.15, -0.1) is 0 Å². The van der Waals surface area contributed by atoms with Gasteiger partial charge in [-0.3, -0.25) is 13.8 Å². The number of unbranched alkanes of at least 4 members (excludes halogenated alkanes) is 39. The Morgan fingerprint density at radius 3 is 1.17 bits per heavy atom. The van der Waals surface area contributed by atoms with Crippen molar-refractivity contribution in [2.75, 3.05) is 40.9 Å². The molecule has 0 aromatic rings. The summed E-state index contributed by atoms with van der Waals surface area (Å²) >= 11 is 0. The van der Waals surface area contributed by atoms with Gasteiger partial charge in [0.25, 0.3) is 0 Å². The molecule has 0 saturated carbocycles. The minimum Gasteiger partial charge on any atom is -0.391 e. The fourth-order valence-corrected chi connectivity index (χ4v) is 9.66. The van der Waals surface area contributed by atoms with Gasteiger partial charge in [0, 0.05) is 6.42 Å². The fourth-order valence-electron chi connectivity index (χ4n) is 8.93. The number of hydrogen-bond donors (Lipinski definition) is 3. The molecule has 0 saturated heterocycles. The van der Waals surface area contributed by atoms with Crippen molar-refractivity contribution in [2.45, 2.75) is 309 Å².